The molecule has 1 N–H and O–H groups in total. The summed E-state index contributed by atoms with van der Waals surface area (Å²) >= 11 is 13.2. The maximum absolute atomic E-state index is 12.5. The van der Waals surface area contributed by atoms with Crippen LogP contribution in [0.5, 0.6) is 0 Å². The van der Waals surface area contributed by atoms with E-state index in [1.54, 1.807) is 42.5 Å². The Kier molecular flexibility index (Phi) is 5.16. The van der Waals surface area contributed by atoms with Crippen LogP contribution in [-0.2, 0) is 10.0 Å². The van der Waals surface area contributed by atoms with Gasteiger partial charge in [-0.3, -0.25) is 9.10 Å². The summed E-state index contributed by atoms with van der Waals surface area (Å²) in [5.74, 6) is -0.298. The molecule has 0 radical (unpaired) electrons. The second kappa shape index (κ2) is 7.08. The number of hydrogen-bond donors (Lipinski definition) is 1. The molecule has 0 unspecified atom stereocenters. The molecule has 1 heterocycles. The number of nitrogens with zero attached hydrogens (tertiary/aromatic N) is 1. The van der Waals surface area contributed by atoms with E-state index in [1.165, 1.54) is 22.7 Å². The zero-order valence-electron chi connectivity index (χ0n) is 13.8. The molecular weight excluding hydrogens is 415 g/mol. The average Bonchev–Trinajstić information content (AvgIpc) is 2.99. The van der Waals surface area contributed by atoms with E-state index in [0.717, 1.165) is 16.3 Å². The molecule has 0 saturated heterocycles. The number of benzene rings is 2. The zero-order chi connectivity index (χ0) is 19.1. The summed E-state index contributed by atoms with van der Waals surface area (Å²) in [6.07, 6.45) is 1.14. The van der Waals surface area contributed by atoms with Crippen LogP contribution in [0.2, 0.25) is 10.0 Å². The molecule has 0 spiro atoms. The molecule has 5 nitrogen and oxygen atoms in total. The van der Waals surface area contributed by atoms with Gasteiger partial charge in [0.05, 0.1) is 27.5 Å². The first kappa shape index (κ1) is 19.0. The SMILES string of the molecule is CN(c1ccc2sc(C(=O)Nc3ccc(Cl)cc3Cl)cc2c1)S(C)(=O)=O. The highest BCUT2D eigenvalue weighted by Gasteiger charge is 2.15. The second-order valence-corrected chi connectivity index (χ2v) is 9.58. The zero-order valence-corrected chi connectivity index (χ0v) is 16.9. The Balaban J connectivity index is 1.90. The second-order valence-electron chi connectivity index (χ2n) is 5.64. The highest BCUT2D eigenvalue weighted by molar-refractivity contribution is 7.92. The van der Waals surface area contributed by atoms with Crippen LogP contribution < -0.4 is 9.62 Å². The van der Waals surface area contributed by atoms with Gasteiger partial charge in [-0.25, -0.2) is 8.42 Å². The molecule has 0 bridgehead atoms. The van der Waals surface area contributed by atoms with E-state index in [1.807, 2.05) is 0 Å². The van der Waals surface area contributed by atoms with E-state index in [4.69, 9.17) is 23.2 Å². The number of hydrogen-bond acceptors (Lipinski definition) is 4. The third kappa shape index (κ3) is 3.96. The summed E-state index contributed by atoms with van der Waals surface area (Å²) in [6.45, 7) is 0. The van der Waals surface area contributed by atoms with Gasteiger partial charge < -0.3 is 5.32 Å². The van der Waals surface area contributed by atoms with Crippen molar-refractivity contribution in [2.24, 2.45) is 0 Å². The molecule has 0 aliphatic rings. The first-order chi connectivity index (χ1) is 12.1. The van der Waals surface area contributed by atoms with Gasteiger partial charge >= 0.3 is 0 Å². The predicted molar refractivity (Wildman–Crippen MR) is 109 cm³/mol. The van der Waals surface area contributed by atoms with Crippen molar-refractivity contribution in [3.8, 4) is 0 Å². The Morgan fingerprint density at radius 3 is 2.50 bits per heavy atom. The maximum Gasteiger partial charge on any atom is 0.265 e. The number of thiophene rings is 1. The highest BCUT2D eigenvalue weighted by Crippen LogP contribution is 2.31. The first-order valence-corrected chi connectivity index (χ1v) is 10.8. The Morgan fingerprint density at radius 2 is 1.85 bits per heavy atom. The van der Waals surface area contributed by atoms with E-state index >= 15 is 0 Å². The maximum atomic E-state index is 12.5. The molecule has 0 aliphatic heterocycles. The third-order valence-electron chi connectivity index (χ3n) is 3.76. The van der Waals surface area contributed by atoms with Gasteiger partial charge in [0.25, 0.3) is 5.91 Å². The van der Waals surface area contributed by atoms with Crippen molar-refractivity contribution < 1.29 is 13.2 Å². The standard InChI is InChI=1S/C17H14Cl2N2O3S2/c1-21(26(2,23)24)12-4-6-15-10(7-12)8-16(25-15)17(22)20-14-5-3-11(18)9-13(14)19/h3-9H,1-2H3,(H,20,22). The van der Waals surface area contributed by atoms with Crippen molar-refractivity contribution in [2.45, 2.75) is 0 Å². The minimum absolute atomic E-state index is 0.298. The summed E-state index contributed by atoms with van der Waals surface area (Å²) in [5.41, 5.74) is 1.00. The summed E-state index contributed by atoms with van der Waals surface area (Å²) in [6, 6.07) is 11.8. The molecule has 9 heteroatoms. The van der Waals surface area contributed by atoms with Crippen molar-refractivity contribution in [3.63, 3.8) is 0 Å². The molecule has 1 aromatic heterocycles. The van der Waals surface area contributed by atoms with Crippen LogP contribution in [-0.4, -0.2) is 27.6 Å². The number of sulfonamides is 1. The number of nitrogens with one attached hydrogen (secondary N) is 1. The summed E-state index contributed by atoms with van der Waals surface area (Å²) < 4.78 is 25.4. The number of halogens is 2. The fraction of sp³-hybridized carbons (Fsp3) is 0.118. The lowest BCUT2D eigenvalue weighted by molar-refractivity contribution is 0.103. The van der Waals surface area contributed by atoms with Crippen molar-refractivity contribution in [1.29, 1.82) is 0 Å². The van der Waals surface area contributed by atoms with Gasteiger partial charge in [-0.1, -0.05) is 23.2 Å². The Hall–Kier alpha value is -1.80. The Bertz CT molecular complexity index is 1110. The fourth-order valence-corrected chi connectivity index (χ4v) is 4.20. The van der Waals surface area contributed by atoms with Crippen molar-refractivity contribution in [3.05, 3.63) is 57.4 Å². The van der Waals surface area contributed by atoms with E-state index in [9.17, 15) is 13.2 Å². The minimum Gasteiger partial charge on any atom is -0.320 e. The molecule has 2 aromatic carbocycles. The Morgan fingerprint density at radius 1 is 1.12 bits per heavy atom. The monoisotopic (exact) mass is 428 g/mol. The lowest BCUT2D eigenvalue weighted by Gasteiger charge is -2.16. The predicted octanol–water partition coefficient (Wildman–Crippen LogP) is 4.86. The van der Waals surface area contributed by atoms with Crippen LogP contribution >= 0.6 is 34.5 Å². The summed E-state index contributed by atoms with van der Waals surface area (Å²) in [4.78, 5) is 13.0. The van der Waals surface area contributed by atoms with Crippen molar-refractivity contribution in [1.82, 2.24) is 0 Å². The molecule has 26 heavy (non-hydrogen) atoms. The summed E-state index contributed by atoms with van der Waals surface area (Å²) in [5, 5.41) is 4.37. The highest BCUT2D eigenvalue weighted by atomic mass is 35.5. The molecule has 3 rings (SSSR count). The van der Waals surface area contributed by atoms with E-state index in [0.29, 0.717) is 26.3 Å². The molecule has 136 valence electrons. The molecule has 0 fully saturated rings. The molecule has 0 atom stereocenters. The molecule has 3 aromatic rings. The number of carbonyl (C=O) groups is 1. The van der Waals surface area contributed by atoms with Gasteiger partial charge in [0.2, 0.25) is 10.0 Å². The Labute approximate surface area is 165 Å². The normalized spacial score (nSPS) is 11.5. The molecular formula is C17H14Cl2N2O3S2. The lowest BCUT2D eigenvalue weighted by Crippen LogP contribution is -2.24. The molecule has 0 aliphatic carbocycles. The van der Waals surface area contributed by atoms with Crippen LogP contribution in [0.1, 0.15) is 9.67 Å². The number of carbonyl (C=O) groups excluding carboxylic acids is 1. The van der Waals surface area contributed by atoms with E-state index < -0.39 is 10.0 Å². The van der Waals surface area contributed by atoms with Gasteiger partial charge in [0, 0.05) is 16.8 Å². The average molecular weight is 429 g/mol. The van der Waals surface area contributed by atoms with Crippen LogP contribution in [0.25, 0.3) is 10.1 Å². The van der Waals surface area contributed by atoms with Gasteiger partial charge in [0.15, 0.2) is 0 Å². The number of rotatable bonds is 4. The minimum atomic E-state index is -3.35. The fourth-order valence-electron chi connectivity index (χ4n) is 2.30. The summed E-state index contributed by atoms with van der Waals surface area (Å²) in [7, 11) is -1.87. The van der Waals surface area contributed by atoms with Gasteiger partial charge in [0.1, 0.15) is 0 Å². The van der Waals surface area contributed by atoms with Gasteiger partial charge in [-0.2, -0.15) is 0 Å². The van der Waals surface area contributed by atoms with E-state index in [-0.39, 0.29) is 5.91 Å². The van der Waals surface area contributed by atoms with Crippen molar-refractivity contribution in [2.75, 3.05) is 22.9 Å². The molecule has 0 saturated carbocycles. The topological polar surface area (TPSA) is 66.5 Å². The van der Waals surface area contributed by atoms with Gasteiger partial charge in [-0.15, -0.1) is 11.3 Å². The van der Waals surface area contributed by atoms with Gasteiger partial charge in [-0.05, 0) is 47.9 Å². The number of anilines is 2. The quantitative estimate of drug-likeness (QED) is 0.645. The number of amides is 1. The lowest BCUT2D eigenvalue weighted by atomic mass is 10.2. The molecule has 1 amide bonds. The van der Waals surface area contributed by atoms with Crippen molar-refractivity contribution >= 4 is 71.9 Å². The number of fused-ring (bicyclic) bond motifs is 1. The largest absolute Gasteiger partial charge is 0.320 e. The van der Waals surface area contributed by atoms with E-state index in [2.05, 4.69) is 5.32 Å². The van der Waals surface area contributed by atoms with Crippen LogP contribution in [0.15, 0.2) is 42.5 Å². The van der Waals surface area contributed by atoms with Crippen LogP contribution in [0.3, 0.4) is 0 Å². The van der Waals surface area contributed by atoms with Crippen LogP contribution in [0.4, 0.5) is 11.4 Å². The van der Waals surface area contributed by atoms with Crippen LogP contribution in [0, 0.1) is 0 Å². The smallest absolute Gasteiger partial charge is 0.265 e. The third-order valence-corrected chi connectivity index (χ3v) is 6.63. The first-order valence-electron chi connectivity index (χ1n) is 7.39.